The summed E-state index contributed by atoms with van der Waals surface area (Å²) in [6.07, 6.45) is 0. The number of methoxy groups -OCH3 is 1. The van der Waals surface area contributed by atoms with Crippen LogP contribution < -0.4 is 0 Å². The number of hydrogen-bond donors (Lipinski definition) is 0. The molecule has 2 rings (SSSR count). The monoisotopic (exact) mass is 329 g/mol. The maximum atomic E-state index is 4.54. The van der Waals surface area contributed by atoms with Crippen LogP contribution in [0, 0.1) is 55.4 Å². The molecule has 24 heavy (non-hydrogen) atoms. The fourth-order valence-corrected chi connectivity index (χ4v) is 2.17. The Hall–Kier alpha value is -1.67. The van der Waals surface area contributed by atoms with Crippen molar-refractivity contribution < 1.29 is 4.74 Å². The Kier molecular flexibility index (Phi) is 10.2. The Morgan fingerprint density at radius 2 is 1.21 bits per heavy atom. The Bertz CT molecular complexity index is 617. The third-order valence-electron chi connectivity index (χ3n) is 4.52. The number of benzene rings is 1. The highest BCUT2D eigenvalue weighted by atomic mass is 16.5. The highest BCUT2D eigenvalue weighted by Gasteiger charge is 2.02. The molecule has 0 amide bonds. The number of ether oxygens (including phenoxy) is 1. The zero-order chi connectivity index (χ0) is 18.9. The van der Waals surface area contributed by atoms with Gasteiger partial charge in [-0.25, -0.2) is 0 Å². The van der Waals surface area contributed by atoms with Crippen molar-refractivity contribution in [2.45, 2.75) is 62.3 Å². The minimum absolute atomic E-state index is 0.819. The quantitative estimate of drug-likeness (QED) is 0.651. The molecule has 0 aliphatic heterocycles. The maximum Gasteiger partial charge on any atom is 0.0433 e. The summed E-state index contributed by atoms with van der Waals surface area (Å²) in [4.78, 5) is 4.27. The molecule has 1 heterocycles. The Morgan fingerprint density at radius 1 is 0.750 bits per heavy atom. The van der Waals surface area contributed by atoms with E-state index in [0.29, 0.717) is 0 Å². The van der Waals surface area contributed by atoms with Crippen molar-refractivity contribution >= 4 is 0 Å². The van der Waals surface area contributed by atoms with Crippen LogP contribution in [0.15, 0.2) is 18.2 Å². The Labute approximate surface area is 149 Å². The first-order chi connectivity index (χ1) is 11.1. The predicted octanol–water partition coefficient (Wildman–Crippen LogP) is 5.89. The van der Waals surface area contributed by atoms with Crippen molar-refractivity contribution in [1.82, 2.24) is 4.98 Å². The molecule has 134 valence electrons. The predicted molar refractivity (Wildman–Crippen MR) is 106 cm³/mol. The SMILES string of the molecule is CCOC.Cc1cc(C)c(C)c(C)c1C.Cc1ccc(C)c(C)n1. The molecule has 0 radical (unpaired) electrons. The second-order valence-electron chi connectivity index (χ2n) is 6.32. The lowest BCUT2D eigenvalue weighted by Crippen LogP contribution is -1.93. The first kappa shape index (κ1) is 22.3. The second-order valence-corrected chi connectivity index (χ2v) is 6.32. The summed E-state index contributed by atoms with van der Waals surface area (Å²) in [5.41, 5.74) is 10.6. The molecule has 1 aromatic heterocycles. The van der Waals surface area contributed by atoms with Crippen LogP contribution >= 0.6 is 0 Å². The average molecular weight is 330 g/mol. The van der Waals surface area contributed by atoms with Crippen LogP contribution in [0.5, 0.6) is 0 Å². The second kappa shape index (κ2) is 11.0. The van der Waals surface area contributed by atoms with Crippen molar-refractivity contribution in [3.05, 3.63) is 63.0 Å². The molecule has 1 aromatic carbocycles. The van der Waals surface area contributed by atoms with E-state index in [0.717, 1.165) is 18.0 Å². The van der Waals surface area contributed by atoms with Crippen LogP contribution in [0.1, 0.15) is 51.7 Å². The van der Waals surface area contributed by atoms with Gasteiger partial charge in [-0.05, 0) is 102 Å². The Balaban J connectivity index is 0.000000367. The van der Waals surface area contributed by atoms with Crippen molar-refractivity contribution in [3.63, 3.8) is 0 Å². The first-order valence-corrected chi connectivity index (χ1v) is 8.59. The number of hydrogen-bond acceptors (Lipinski definition) is 2. The van der Waals surface area contributed by atoms with Crippen molar-refractivity contribution in [2.24, 2.45) is 0 Å². The van der Waals surface area contributed by atoms with Crippen LogP contribution in [0.4, 0.5) is 0 Å². The van der Waals surface area contributed by atoms with Gasteiger partial charge in [0, 0.05) is 25.1 Å². The van der Waals surface area contributed by atoms with E-state index in [9.17, 15) is 0 Å². The van der Waals surface area contributed by atoms with Gasteiger partial charge < -0.3 is 4.74 Å². The molecule has 0 N–H and O–H groups in total. The van der Waals surface area contributed by atoms with Gasteiger partial charge in [0.25, 0.3) is 0 Å². The molecule has 0 aliphatic rings. The number of aryl methyl sites for hydroxylation is 5. The number of rotatable bonds is 1. The fraction of sp³-hybridized carbons (Fsp3) is 0.500. The molecule has 0 fully saturated rings. The third-order valence-corrected chi connectivity index (χ3v) is 4.52. The summed E-state index contributed by atoms with van der Waals surface area (Å²) < 4.78 is 4.54. The van der Waals surface area contributed by atoms with Crippen LogP contribution in [-0.4, -0.2) is 18.7 Å². The maximum absolute atomic E-state index is 4.54. The van der Waals surface area contributed by atoms with Gasteiger partial charge in [-0.3, -0.25) is 4.98 Å². The molecule has 0 aliphatic carbocycles. The van der Waals surface area contributed by atoms with E-state index < -0.39 is 0 Å². The highest BCUT2D eigenvalue weighted by molar-refractivity contribution is 5.42. The van der Waals surface area contributed by atoms with E-state index in [-0.39, 0.29) is 0 Å². The molecule has 0 bridgehead atoms. The van der Waals surface area contributed by atoms with Gasteiger partial charge in [-0.1, -0.05) is 12.1 Å². The number of nitrogens with zero attached hydrogens (tertiary/aromatic N) is 1. The molecule has 0 saturated heterocycles. The first-order valence-electron chi connectivity index (χ1n) is 8.59. The molecule has 0 atom stereocenters. The van der Waals surface area contributed by atoms with Gasteiger partial charge >= 0.3 is 0 Å². The standard InChI is InChI=1S/C11H16.C8H11N.C3H8O/c1-7-6-8(2)10(4)11(5)9(7)3;1-6-4-5-7(2)9-8(6)3;1-3-4-2/h6H,1-5H3;4-5H,1-3H3;3H2,1-2H3. The number of pyridine rings is 1. The summed E-state index contributed by atoms with van der Waals surface area (Å²) in [5.74, 6) is 0. The third kappa shape index (κ3) is 7.27. The summed E-state index contributed by atoms with van der Waals surface area (Å²) >= 11 is 0. The van der Waals surface area contributed by atoms with Gasteiger partial charge in [0.05, 0.1) is 0 Å². The summed E-state index contributed by atoms with van der Waals surface area (Å²) in [7, 11) is 1.68. The average Bonchev–Trinajstić information content (AvgIpc) is 2.55. The minimum Gasteiger partial charge on any atom is -0.385 e. The molecule has 0 saturated carbocycles. The summed E-state index contributed by atoms with van der Waals surface area (Å²) in [6.45, 7) is 19.8. The zero-order valence-corrected chi connectivity index (χ0v) is 17.3. The molecule has 0 unspecified atom stereocenters. The van der Waals surface area contributed by atoms with Gasteiger partial charge in [0.2, 0.25) is 0 Å². The number of aromatic nitrogens is 1. The van der Waals surface area contributed by atoms with E-state index in [2.05, 4.69) is 63.4 Å². The molecule has 0 spiro atoms. The van der Waals surface area contributed by atoms with Crippen molar-refractivity contribution in [2.75, 3.05) is 13.7 Å². The largest absolute Gasteiger partial charge is 0.385 e. The normalized spacial score (nSPS) is 9.58. The van der Waals surface area contributed by atoms with Gasteiger partial charge in [-0.2, -0.15) is 0 Å². The zero-order valence-electron chi connectivity index (χ0n) is 17.3. The van der Waals surface area contributed by atoms with E-state index in [1.54, 1.807) is 7.11 Å². The molecular weight excluding hydrogens is 294 g/mol. The van der Waals surface area contributed by atoms with E-state index in [1.165, 1.54) is 33.4 Å². The van der Waals surface area contributed by atoms with Gasteiger partial charge in [-0.15, -0.1) is 0 Å². The van der Waals surface area contributed by atoms with Crippen LogP contribution in [-0.2, 0) is 4.74 Å². The van der Waals surface area contributed by atoms with Gasteiger partial charge in [0.1, 0.15) is 0 Å². The molecule has 2 nitrogen and oxygen atoms in total. The smallest absolute Gasteiger partial charge is 0.0433 e. The van der Waals surface area contributed by atoms with Crippen LogP contribution in [0.25, 0.3) is 0 Å². The lowest BCUT2D eigenvalue weighted by Gasteiger charge is -2.10. The lowest BCUT2D eigenvalue weighted by molar-refractivity contribution is 0.215. The van der Waals surface area contributed by atoms with Crippen molar-refractivity contribution in [3.8, 4) is 0 Å². The topological polar surface area (TPSA) is 22.1 Å². The van der Waals surface area contributed by atoms with Crippen LogP contribution in [0.3, 0.4) is 0 Å². The van der Waals surface area contributed by atoms with Gasteiger partial charge in [0.15, 0.2) is 0 Å². The van der Waals surface area contributed by atoms with Crippen LogP contribution in [0.2, 0.25) is 0 Å². The van der Waals surface area contributed by atoms with E-state index >= 15 is 0 Å². The van der Waals surface area contributed by atoms with E-state index in [1.807, 2.05) is 26.8 Å². The lowest BCUT2D eigenvalue weighted by atomic mass is 9.96. The molecule has 2 heteroatoms. The molecule has 2 aromatic rings. The fourth-order valence-electron chi connectivity index (χ4n) is 2.17. The summed E-state index contributed by atoms with van der Waals surface area (Å²) in [5, 5.41) is 0. The van der Waals surface area contributed by atoms with E-state index in [4.69, 9.17) is 0 Å². The Morgan fingerprint density at radius 3 is 1.54 bits per heavy atom. The van der Waals surface area contributed by atoms with Crippen molar-refractivity contribution in [1.29, 1.82) is 0 Å². The minimum atomic E-state index is 0.819. The summed E-state index contributed by atoms with van der Waals surface area (Å²) in [6, 6.07) is 6.39. The molecular formula is C22H35NO. The highest BCUT2D eigenvalue weighted by Crippen LogP contribution is 2.19.